The molecule has 0 bridgehead atoms. The Morgan fingerprint density at radius 3 is 2.50 bits per heavy atom. The Morgan fingerprint density at radius 1 is 0.950 bits per heavy atom. The maximum atomic E-state index is 5.54. The number of hydrogen-bond donors (Lipinski definition) is 1. The van der Waals surface area contributed by atoms with E-state index in [-0.39, 0.29) is 0 Å². The molecule has 0 saturated carbocycles. The standard InChI is InChI=1S/C16H28N4/c17-7-2-1-3-10-19-11-4-12-20(14-13-19)15-16-5-8-18-9-6-16/h5-6,8-9H,1-4,7,10-15,17H2. The summed E-state index contributed by atoms with van der Waals surface area (Å²) in [5, 5.41) is 0. The van der Waals surface area contributed by atoms with Gasteiger partial charge >= 0.3 is 0 Å². The molecule has 1 aromatic heterocycles. The second-order valence-corrected chi connectivity index (χ2v) is 5.68. The van der Waals surface area contributed by atoms with E-state index in [1.165, 1.54) is 64.0 Å². The number of aromatic nitrogens is 1. The van der Waals surface area contributed by atoms with Crippen LogP contribution in [0.25, 0.3) is 0 Å². The lowest BCUT2D eigenvalue weighted by Crippen LogP contribution is -2.31. The van der Waals surface area contributed by atoms with Gasteiger partial charge in [0.05, 0.1) is 0 Å². The molecule has 2 heterocycles. The fourth-order valence-electron chi connectivity index (χ4n) is 2.81. The molecule has 2 rings (SSSR count). The van der Waals surface area contributed by atoms with Crippen LogP contribution in [0.2, 0.25) is 0 Å². The molecule has 1 fully saturated rings. The molecule has 0 aliphatic carbocycles. The van der Waals surface area contributed by atoms with E-state index in [2.05, 4.69) is 26.9 Å². The van der Waals surface area contributed by atoms with Crippen molar-refractivity contribution in [3.8, 4) is 0 Å². The SMILES string of the molecule is NCCCCCN1CCCN(Cc2ccncc2)CC1. The van der Waals surface area contributed by atoms with Crippen LogP contribution in [0.3, 0.4) is 0 Å². The van der Waals surface area contributed by atoms with Gasteiger partial charge < -0.3 is 10.6 Å². The van der Waals surface area contributed by atoms with E-state index in [9.17, 15) is 0 Å². The highest BCUT2D eigenvalue weighted by Crippen LogP contribution is 2.09. The van der Waals surface area contributed by atoms with Crippen molar-refractivity contribution in [2.45, 2.75) is 32.2 Å². The first-order valence-electron chi connectivity index (χ1n) is 7.92. The molecule has 1 aliphatic heterocycles. The summed E-state index contributed by atoms with van der Waals surface area (Å²) >= 11 is 0. The molecule has 1 aliphatic rings. The number of hydrogen-bond acceptors (Lipinski definition) is 4. The van der Waals surface area contributed by atoms with Gasteiger partial charge in [-0.1, -0.05) is 6.42 Å². The van der Waals surface area contributed by atoms with Crippen molar-refractivity contribution >= 4 is 0 Å². The summed E-state index contributed by atoms with van der Waals surface area (Å²) in [5.41, 5.74) is 6.91. The molecule has 0 amide bonds. The van der Waals surface area contributed by atoms with Crippen LogP contribution in [-0.2, 0) is 6.54 Å². The van der Waals surface area contributed by atoms with Crippen molar-refractivity contribution in [3.05, 3.63) is 30.1 Å². The molecule has 4 heteroatoms. The highest BCUT2D eigenvalue weighted by atomic mass is 15.2. The van der Waals surface area contributed by atoms with E-state index in [0.717, 1.165) is 13.1 Å². The van der Waals surface area contributed by atoms with Crippen molar-refractivity contribution in [2.75, 3.05) is 39.3 Å². The quantitative estimate of drug-likeness (QED) is 0.770. The molecule has 4 nitrogen and oxygen atoms in total. The van der Waals surface area contributed by atoms with Crippen LogP contribution in [0.5, 0.6) is 0 Å². The topological polar surface area (TPSA) is 45.4 Å². The third-order valence-corrected chi connectivity index (χ3v) is 4.02. The Hall–Kier alpha value is -0.970. The van der Waals surface area contributed by atoms with Gasteiger partial charge in [-0.25, -0.2) is 0 Å². The third kappa shape index (κ3) is 5.57. The Morgan fingerprint density at radius 2 is 1.70 bits per heavy atom. The molecule has 2 N–H and O–H groups in total. The van der Waals surface area contributed by atoms with Crippen molar-refractivity contribution in [1.82, 2.24) is 14.8 Å². The first-order valence-corrected chi connectivity index (χ1v) is 7.92. The molecule has 1 aromatic rings. The van der Waals surface area contributed by atoms with Crippen molar-refractivity contribution < 1.29 is 0 Å². The molecule has 0 radical (unpaired) electrons. The first kappa shape index (κ1) is 15.4. The summed E-state index contributed by atoms with van der Waals surface area (Å²) in [4.78, 5) is 9.26. The van der Waals surface area contributed by atoms with E-state index in [4.69, 9.17) is 5.73 Å². The van der Waals surface area contributed by atoms with Crippen LogP contribution >= 0.6 is 0 Å². The molecular weight excluding hydrogens is 248 g/mol. The minimum absolute atomic E-state index is 0.833. The predicted octanol–water partition coefficient (Wildman–Crippen LogP) is 1.72. The molecule has 112 valence electrons. The maximum absolute atomic E-state index is 5.54. The van der Waals surface area contributed by atoms with Crippen LogP contribution in [0.4, 0.5) is 0 Å². The molecule has 1 saturated heterocycles. The zero-order valence-electron chi connectivity index (χ0n) is 12.5. The second kappa shape index (κ2) is 9.06. The molecule has 0 atom stereocenters. The van der Waals surface area contributed by atoms with Gasteiger partial charge in [0.1, 0.15) is 0 Å². The van der Waals surface area contributed by atoms with Crippen molar-refractivity contribution in [1.29, 1.82) is 0 Å². The van der Waals surface area contributed by atoms with E-state index in [0.29, 0.717) is 0 Å². The molecule has 0 spiro atoms. The summed E-state index contributed by atoms with van der Waals surface area (Å²) in [5.74, 6) is 0. The van der Waals surface area contributed by atoms with E-state index in [1.54, 1.807) is 0 Å². The van der Waals surface area contributed by atoms with E-state index in [1.807, 2.05) is 12.4 Å². The van der Waals surface area contributed by atoms with Crippen LogP contribution in [0, 0.1) is 0 Å². The number of nitrogens with zero attached hydrogens (tertiary/aromatic N) is 3. The minimum atomic E-state index is 0.833. The van der Waals surface area contributed by atoms with Gasteiger partial charge in [-0.05, 0) is 63.1 Å². The molecule has 20 heavy (non-hydrogen) atoms. The first-order chi connectivity index (χ1) is 9.88. The summed E-state index contributed by atoms with van der Waals surface area (Å²) in [6, 6.07) is 4.24. The summed E-state index contributed by atoms with van der Waals surface area (Å²) in [6.07, 6.45) is 8.78. The lowest BCUT2D eigenvalue weighted by atomic mass is 10.2. The van der Waals surface area contributed by atoms with Crippen molar-refractivity contribution in [3.63, 3.8) is 0 Å². The van der Waals surface area contributed by atoms with Gasteiger partial charge in [0.2, 0.25) is 0 Å². The average Bonchev–Trinajstić information content (AvgIpc) is 2.70. The summed E-state index contributed by atoms with van der Waals surface area (Å²) < 4.78 is 0. The second-order valence-electron chi connectivity index (χ2n) is 5.68. The fraction of sp³-hybridized carbons (Fsp3) is 0.688. The van der Waals surface area contributed by atoms with Crippen LogP contribution in [0.15, 0.2) is 24.5 Å². The lowest BCUT2D eigenvalue weighted by Gasteiger charge is -2.21. The average molecular weight is 276 g/mol. The highest BCUT2D eigenvalue weighted by molar-refractivity contribution is 5.09. The fourth-order valence-corrected chi connectivity index (χ4v) is 2.81. The van der Waals surface area contributed by atoms with Crippen molar-refractivity contribution in [2.24, 2.45) is 5.73 Å². The monoisotopic (exact) mass is 276 g/mol. The van der Waals surface area contributed by atoms with Crippen LogP contribution in [0.1, 0.15) is 31.2 Å². The summed E-state index contributed by atoms with van der Waals surface area (Å²) in [6.45, 7) is 7.97. The van der Waals surface area contributed by atoms with Crippen LogP contribution in [-0.4, -0.2) is 54.1 Å². The molecule has 0 unspecified atom stereocenters. The normalized spacial score (nSPS) is 18.1. The summed E-state index contributed by atoms with van der Waals surface area (Å²) in [7, 11) is 0. The predicted molar refractivity (Wildman–Crippen MR) is 83.5 cm³/mol. The van der Waals surface area contributed by atoms with Crippen LogP contribution < -0.4 is 5.73 Å². The zero-order valence-corrected chi connectivity index (χ0v) is 12.5. The van der Waals surface area contributed by atoms with Gasteiger partial charge in [-0.2, -0.15) is 0 Å². The third-order valence-electron chi connectivity index (χ3n) is 4.02. The van der Waals surface area contributed by atoms with Gasteiger partial charge in [0.25, 0.3) is 0 Å². The maximum Gasteiger partial charge on any atom is 0.0271 e. The number of pyridine rings is 1. The largest absolute Gasteiger partial charge is 0.330 e. The Kier molecular flexibility index (Phi) is 6.98. The Balaban J connectivity index is 1.69. The van der Waals surface area contributed by atoms with Gasteiger partial charge in [0.15, 0.2) is 0 Å². The highest BCUT2D eigenvalue weighted by Gasteiger charge is 2.14. The number of unbranched alkanes of at least 4 members (excludes halogenated alkanes) is 2. The van der Waals surface area contributed by atoms with Gasteiger partial charge in [-0.3, -0.25) is 9.88 Å². The zero-order chi connectivity index (χ0) is 14.0. The molecule has 0 aromatic carbocycles. The lowest BCUT2D eigenvalue weighted by molar-refractivity contribution is 0.248. The van der Waals surface area contributed by atoms with Gasteiger partial charge in [-0.15, -0.1) is 0 Å². The molecular formula is C16H28N4. The number of rotatable bonds is 7. The van der Waals surface area contributed by atoms with E-state index < -0.39 is 0 Å². The van der Waals surface area contributed by atoms with Gasteiger partial charge in [0, 0.05) is 32.0 Å². The minimum Gasteiger partial charge on any atom is -0.330 e. The smallest absolute Gasteiger partial charge is 0.0271 e. The Bertz CT molecular complexity index is 355. The Labute approximate surface area is 123 Å². The van der Waals surface area contributed by atoms with E-state index >= 15 is 0 Å². The number of nitrogens with two attached hydrogens (primary N) is 1.